The Balaban J connectivity index is 2.39. The van der Waals surface area contributed by atoms with Gasteiger partial charge in [0, 0.05) is 6.42 Å². The van der Waals surface area contributed by atoms with Gasteiger partial charge in [-0.2, -0.15) is 0 Å². The third kappa shape index (κ3) is 5.02. The topological polar surface area (TPSA) is 74.0 Å². The van der Waals surface area contributed by atoms with Crippen molar-refractivity contribution < 1.29 is 19.7 Å². The van der Waals surface area contributed by atoms with Crippen molar-refractivity contribution in [2.24, 2.45) is 0 Å². The Labute approximate surface area is 102 Å². The molecule has 1 rings (SSSR count). The molecule has 1 heterocycles. The molecule has 2 unspecified atom stereocenters. The van der Waals surface area contributed by atoms with Crippen molar-refractivity contribution in [3.05, 3.63) is 5.21 Å². The van der Waals surface area contributed by atoms with Gasteiger partial charge in [0.15, 0.2) is 6.73 Å². The molecule has 0 aromatic rings. The zero-order chi connectivity index (χ0) is 12.7. The lowest BCUT2D eigenvalue weighted by molar-refractivity contribution is -0.845. The average molecular weight is 245 g/mol. The van der Waals surface area contributed by atoms with E-state index in [1.54, 1.807) is 0 Å². The Hall–Kier alpha value is -0.650. The van der Waals surface area contributed by atoms with Crippen LogP contribution >= 0.6 is 0 Å². The maximum absolute atomic E-state index is 11.3. The summed E-state index contributed by atoms with van der Waals surface area (Å²) in [5, 5.41) is 20.1. The van der Waals surface area contributed by atoms with E-state index in [1.807, 2.05) is 0 Å². The molecule has 2 N–H and O–H groups in total. The van der Waals surface area contributed by atoms with Gasteiger partial charge in [-0.15, -0.1) is 0 Å². The first-order valence-electron chi connectivity index (χ1n) is 6.45. The predicted molar refractivity (Wildman–Crippen MR) is 63.5 cm³/mol. The Bertz CT molecular complexity index is 247. The number of carbonyl (C=O) groups is 1. The summed E-state index contributed by atoms with van der Waals surface area (Å²) in [6.45, 7) is 2.81. The lowest BCUT2D eigenvalue weighted by Crippen LogP contribution is -3.05. The minimum atomic E-state index is -0.780. The highest BCUT2D eigenvalue weighted by atomic mass is 16.6. The van der Waals surface area contributed by atoms with Crippen LogP contribution in [0.25, 0.3) is 0 Å². The third-order valence-electron chi connectivity index (χ3n) is 3.32. The summed E-state index contributed by atoms with van der Waals surface area (Å²) in [6, 6.07) is 0. The van der Waals surface area contributed by atoms with Gasteiger partial charge in [0.25, 0.3) is 0 Å². The van der Waals surface area contributed by atoms with E-state index in [0.717, 1.165) is 25.7 Å². The van der Waals surface area contributed by atoms with Crippen LogP contribution in [0.4, 0.5) is 0 Å². The lowest BCUT2D eigenvalue weighted by Gasteiger charge is -2.26. The van der Waals surface area contributed by atoms with E-state index < -0.39 is 5.97 Å². The number of rotatable bonds is 8. The number of carboxylic acids is 1. The average Bonchev–Trinajstić information content (AvgIpc) is 2.61. The van der Waals surface area contributed by atoms with E-state index in [-0.39, 0.29) is 23.8 Å². The van der Waals surface area contributed by atoms with E-state index in [1.165, 1.54) is 0 Å². The smallest absolute Gasteiger partial charge is 0.303 e. The van der Waals surface area contributed by atoms with Gasteiger partial charge in [-0.3, -0.25) is 4.79 Å². The fraction of sp³-hybridized carbons (Fsp3) is 0.917. The van der Waals surface area contributed by atoms with Crippen molar-refractivity contribution in [2.45, 2.75) is 57.5 Å². The molecule has 1 aliphatic rings. The van der Waals surface area contributed by atoms with Gasteiger partial charge >= 0.3 is 5.97 Å². The second-order valence-corrected chi connectivity index (χ2v) is 4.89. The minimum Gasteiger partial charge on any atom is -0.633 e. The number of hydroxylamine groups is 2. The van der Waals surface area contributed by atoms with Crippen LogP contribution in [0.5, 0.6) is 0 Å². The van der Waals surface area contributed by atoms with Gasteiger partial charge in [-0.1, -0.05) is 26.2 Å². The first-order valence-corrected chi connectivity index (χ1v) is 6.45. The van der Waals surface area contributed by atoms with Gasteiger partial charge in [-0.05, 0) is 19.3 Å². The number of aliphatic carboxylic acids is 1. The Morgan fingerprint density at radius 3 is 2.65 bits per heavy atom. The number of hydrogen-bond acceptors (Lipinski definition) is 3. The number of hydrogen-bond donors (Lipinski definition) is 2. The molecule has 0 aliphatic carbocycles. The van der Waals surface area contributed by atoms with E-state index in [0.29, 0.717) is 19.4 Å². The number of quaternary nitrogens is 1. The SMILES string of the molecule is CCCCCC1(CCCC(=O)O)C[NH+]([O-])CO1. The van der Waals surface area contributed by atoms with Crippen LogP contribution in [0.2, 0.25) is 0 Å². The second kappa shape index (κ2) is 6.93. The van der Waals surface area contributed by atoms with E-state index in [2.05, 4.69) is 6.92 Å². The second-order valence-electron chi connectivity index (χ2n) is 4.89. The summed E-state index contributed by atoms with van der Waals surface area (Å²) in [5.41, 5.74) is -0.359. The third-order valence-corrected chi connectivity index (χ3v) is 3.32. The molecule has 0 aromatic heterocycles. The van der Waals surface area contributed by atoms with E-state index >= 15 is 0 Å². The predicted octanol–water partition coefficient (Wildman–Crippen LogP) is 0.931. The van der Waals surface area contributed by atoms with Gasteiger partial charge in [0.1, 0.15) is 12.1 Å². The van der Waals surface area contributed by atoms with Gasteiger partial charge in [0.05, 0.1) is 0 Å². The molecule has 5 nitrogen and oxygen atoms in total. The Morgan fingerprint density at radius 2 is 2.12 bits per heavy atom. The molecule has 1 fully saturated rings. The standard InChI is InChI=1S/C12H23NO4/c1-2-3-4-7-12(8-5-6-11(14)15)9-13(16)10-17-12/h13H,2-10H2,1H3,(H,14,15). The highest BCUT2D eigenvalue weighted by molar-refractivity contribution is 5.66. The Morgan fingerprint density at radius 1 is 1.41 bits per heavy atom. The summed E-state index contributed by atoms with van der Waals surface area (Å²) in [4.78, 5) is 10.5. The zero-order valence-electron chi connectivity index (χ0n) is 10.5. The minimum absolute atomic E-state index is 0.150. The maximum atomic E-state index is 11.3. The highest BCUT2D eigenvalue weighted by Crippen LogP contribution is 2.26. The molecule has 0 saturated carbocycles. The van der Waals surface area contributed by atoms with Gasteiger partial charge in [-0.25, -0.2) is 0 Å². The van der Waals surface area contributed by atoms with Crippen LogP contribution < -0.4 is 5.06 Å². The number of carboxylic acid groups (broad SMARTS) is 1. The molecule has 2 atom stereocenters. The van der Waals surface area contributed by atoms with E-state index in [9.17, 15) is 10.0 Å². The maximum Gasteiger partial charge on any atom is 0.303 e. The molecule has 1 saturated heterocycles. The van der Waals surface area contributed by atoms with Gasteiger partial charge < -0.3 is 20.1 Å². The molecular weight excluding hydrogens is 222 g/mol. The van der Waals surface area contributed by atoms with Crippen molar-refractivity contribution in [3.63, 3.8) is 0 Å². The Kier molecular flexibility index (Phi) is 5.88. The van der Waals surface area contributed by atoms with Crippen LogP contribution in [0.3, 0.4) is 0 Å². The first-order chi connectivity index (χ1) is 8.08. The summed E-state index contributed by atoms with van der Waals surface area (Å²) in [5.74, 6) is -0.780. The van der Waals surface area contributed by atoms with Gasteiger partial charge in [0.2, 0.25) is 0 Å². The summed E-state index contributed by atoms with van der Waals surface area (Å²) in [7, 11) is 0. The van der Waals surface area contributed by atoms with Crippen molar-refractivity contribution in [1.29, 1.82) is 0 Å². The number of nitrogens with one attached hydrogen (secondary N) is 1. The summed E-state index contributed by atoms with van der Waals surface area (Å²) < 4.78 is 5.64. The van der Waals surface area contributed by atoms with Crippen molar-refractivity contribution >= 4 is 5.97 Å². The molecule has 0 bridgehead atoms. The molecule has 0 radical (unpaired) electrons. The van der Waals surface area contributed by atoms with Crippen molar-refractivity contribution in [2.75, 3.05) is 13.3 Å². The largest absolute Gasteiger partial charge is 0.633 e. The molecule has 5 heteroatoms. The summed E-state index contributed by atoms with van der Waals surface area (Å²) in [6.07, 6.45) is 5.65. The van der Waals surface area contributed by atoms with Crippen LogP contribution in [-0.4, -0.2) is 30.0 Å². The molecular formula is C12H23NO4. The molecule has 17 heavy (non-hydrogen) atoms. The zero-order valence-corrected chi connectivity index (χ0v) is 10.5. The molecule has 0 amide bonds. The fourth-order valence-electron chi connectivity index (χ4n) is 2.40. The number of unbranched alkanes of at least 4 members (excludes halogenated alkanes) is 2. The van der Waals surface area contributed by atoms with Crippen LogP contribution in [0, 0.1) is 5.21 Å². The van der Waals surface area contributed by atoms with Crippen LogP contribution in [-0.2, 0) is 9.53 Å². The molecule has 0 aromatic carbocycles. The molecule has 0 spiro atoms. The molecule has 100 valence electrons. The summed E-state index contributed by atoms with van der Waals surface area (Å²) >= 11 is 0. The van der Waals surface area contributed by atoms with Crippen LogP contribution in [0.1, 0.15) is 51.9 Å². The van der Waals surface area contributed by atoms with E-state index in [4.69, 9.17) is 9.84 Å². The fourth-order valence-corrected chi connectivity index (χ4v) is 2.40. The number of ether oxygens (including phenoxy) is 1. The van der Waals surface area contributed by atoms with Crippen molar-refractivity contribution in [1.82, 2.24) is 0 Å². The normalized spacial score (nSPS) is 28.5. The molecule has 1 aliphatic heterocycles. The van der Waals surface area contributed by atoms with Crippen LogP contribution in [0.15, 0.2) is 0 Å². The van der Waals surface area contributed by atoms with Crippen molar-refractivity contribution in [3.8, 4) is 0 Å². The quantitative estimate of drug-likeness (QED) is 0.493. The lowest BCUT2D eigenvalue weighted by atomic mass is 9.90. The highest BCUT2D eigenvalue weighted by Gasteiger charge is 2.39. The first kappa shape index (κ1) is 14.4. The monoisotopic (exact) mass is 245 g/mol.